The molecule has 0 amide bonds. The zero-order valence-corrected chi connectivity index (χ0v) is 31.8. The van der Waals surface area contributed by atoms with Crippen molar-refractivity contribution >= 4 is 17.7 Å². The second-order valence-electron chi connectivity index (χ2n) is 16.8. The topological polar surface area (TPSA) is 103 Å². The van der Waals surface area contributed by atoms with Crippen molar-refractivity contribution in [2.75, 3.05) is 0 Å². The second-order valence-corrected chi connectivity index (χ2v) is 16.8. The number of hydrogen-bond donors (Lipinski definition) is 0. The molecule has 3 aliphatic rings. The Morgan fingerprint density at radius 2 is 0.510 bits per heavy atom. The third-order valence-corrected chi connectivity index (χ3v) is 11.4. The van der Waals surface area contributed by atoms with Crippen molar-refractivity contribution in [2.24, 2.45) is 15.0 Å². The van der Waals surface area contributed by atoms with Crippen molar-refractivity contribution in [3.05, 3.63) is 89.5 Å². The Balaban J connectivity index is 1.25. The minimum absolute atomic E-state index is 0.337. The number of aromatic nitrogens is 3. The SMILES string of the molecule is CC1(C)N=C(c2ccc(-c3nc(-c4ccc(C5=NC(C)(C)C(C)(C)O5)cc4)nc(-c4ccc(C5=NC(C)(C)C(C)(C)O5)cc4)n3)cc2)OC1(C)C. The molecular weight excluding hydrogens is 637 g/mol. The molecule has 264 valence electrons. The quantitative estimate of drug-likeness (QED) is 0.201. The molecule has 0 spiro atoms. The molecule has 9 heteroatoms. The molecule has 4 heterocycles. The molecule has 0 bridgehead atoms. The standard InChI is InChI=1S/C42H48N6O3/c1-37(2)40(7,8)49-34(46-37)28-19-13-25(14-20-28)31-43-32(26-15-21-29(22-16-26)35-47-38(3,4)41(9,10)50-35)45-33(44-31)27-17-23-30(24-18-27)36-48-39(5,6)42(11,12)51-36/h13-24H,1-12H3. The van der Waals surface area contributed by atoms with Gasteiger partial charge >= 0.3 is 0 Å². The zero-order chi connectivity index (χ0) is 36.8. The van der Waals surface area contributed by atoms with Crippen LogP contribution in [0, 0.1) is 0 Å². The van der Waals surface area contributed by atoms with Gasteiger partial charge in [-0.25, -0.2) is 29.9 Å². The summed E-state index contributed by atoms with van der Waals surface area (Å²) in [5.41, 5.74) is 3.05. The van der Waals surface area contributed by atoms with Crippen molar-refractivity contribution < 1.29 is 14.2 Å². The van der Waals surface area contributed by atoms with Crippen molar-refractivity contribution in [3.63, 3.8) is 0 Å². The summed E-state index contributed by atoms with van der Waals surface area (Å²) in [5, 5.41) is 0. The fourth-order valence-electron chi connectivity index (χ4n) is 5.75. The van der Waals surface area contributed by atoms with Gasteiger partial charge in [-0.3, -0.25) is 0 Å². The summed E-state index contributed by atoms with van der Waals surface area (Å²) in [5.74, 6) is 3.59. The molecule has 0 unspecified atom stereocenters. The lowest BCUT2D eigenvalue weighted by atomic mass is 9.87. The monoisotopic (exact) mass is 684 g/mol. The summed E-state index contributed by atoms with van der Waals surface area (Å²) in [4.78, 5) is 29.5. The molecule has 3 aliphatic heterocycles. The minimum atomic E-state index is -0.407. The number of hydrogen-bond acceptors (Lipinski definition) is 9. The molecule has 51 heavy (non-hydrogen) atoms. The van der Waals surface area contributed by atoms with E-state index in [0.717, 1.165) is 33.4 Å². The van der Waals surface area contributed by atoms with E-state index in [1.54, 1.807) is 0 Å². The van der Waals surface area contributed by atoms with Crippen LogP contribution in [0.5, 0.6) is 0 Å². The number of rotatable bonds is 6. The lowest BCUT2D eigenvalue weighted by Crippen LogP contribution is -2.41. The number of aliphatic imine (C=N–C) groups is 3. The van der Waals surface area contributed by atoms with Gasteiger partial charge in [-0.2, -0.15) is 0 Å². The summed E-state index contributed by atoms with van der Waals surface area (Å²) in [6, 6.07) is 24.1. The molecule has 0 aliphatic carbocycles. The van der Waals surface area contributed by atoms with Crippen molar-refractivity contribution in [1.29, 1.82) is 0 Å². The third kappa shape index (κ3) is 6.00. The van der Waals surface area contributed by atoms with Gasteiger partial charge in [0.2, 0.25) is 17.7 Å². The fraction of sp³-hybridized carbons (Fsp3) is 0.429. The maximum absolute atomic E-state index is 6.26. The van der Waals surface area contributed by atoms with Crippen LogP contribution in [0.3, 0.4) is 0 Å². The number of benzene rings is 3. The maximum atomic E-state index is 6.26. The maximum Gasteiger partial charge on any atom is 0.217 e. The van der Waals surface area contributed by atoms with Crippen LogP contribution in [0.4, 0.5) is 0 Å². The van der Waals surface area contributed by atoms with Gasteiger partial charge in [0.15, 0.2) is 17.5 Å². The van der Waals surface area contributed by atoms with Crippen LogP contribution in [0.15, 0.2) is 87.8 Å². The molecule has 9 nitrogen and oxygen atoms in total. The van der Waals surface area contributed by atoms with Gasteiger partial charge in [-0.15, -0.1) is 0 Å². The molecule has 0 N–H and O–H groups in total. The summed E-state index contributed by atoms with van der Waals surface area (Å²) in [7, 11) is 0. The Hall–Kier alpha value is -4.92. The van der Waals surface area contributed by atoms with E-state index < -0.39 is 16.8 Å². The number of ether oxygens (including phenoxy) is 3. The van der Waals surface area contributed by atoms with Crippen LogP contribution < -0.4 is 0 Å². The average molecular weight is 685 g/mol. The highest BCUT2D eigenvalue weighted by Gasteiger charge is 2.47. The van der Waals surface area contributed by atoms with E-state index >= 15 is 0 Å². The highest BCUT2D eigenvalue weighted by atomic mass is 16.5. The van der Waals surface area contributed by atoms with Gasteiger partial charge < -0.3 is 14.2 Å². The van der Waals surface area contributed by atoms with Gasteiger partial charge in [0, 0.05) is 33.4 Å². The first-order chi connectivity index (χ1) is 23.7. The van der Waals surface area contributed by atoms with Crippen LogP contribution in [0.25, 0.3) is 34.2 Å². The predicted octanol–water partition coefficient (Wildman–Crippen LogP) is 8.87. The highest BCUT2D eigenvalue weighted by Crippen LogP contribution is 2.39. The molecule has 7 rings (SSSR count). The summed E-state index contributed by atoms with van der Waals surface area (Å²) in [6.45, 7) is 24.9. The summed E-state index contributed by atoms with van der Waals surface area (Å²) >= 11 is 0. The summed E-state index contributed by atoms with van der Waals surface area (Å²) in [6.07, 6.45) is 0. The van der Waals surface area contributed by atoms with Crippen LogP contribution in [-0.4, -0.2) is 66.1 Å². The number of nitrogens with zero attached hydrogens (tertiary/aromatic N) is 6. The zero-order valence-electron chi connectivity index (χ0n) is 31.8. The lowest BCUT2D eigenvalue weighted by molar-refractivity contribution is 0.0618. The Morgan fingerprint density at radius 1 is 0.314 bits per heavy atom. The molecular formula is C42H48N6O3. The highest BCUT2D eigenvalue weighted by molar-refractivity contribution is 5.98. The van der Waals surface area contributed by atoms with Gasteiger partial charge in [-0.05, 0) is 119 Å². The third-order valence-electron chi connectivity index (χ3n) is 11.4. The van der Waals surface area contributed by atoms with E-state index in [-0.39, 0.29) is 16.6 Å². The average Bonchev–Trinajstić information content (AvgIpc) is 3.53. The van der Waals surface area contributed by atoms with Gasteiger partial charge in [0.25, 0.3) is 0 Å². The molecule has 4 aromatic rings. The first kappa shape index (κ1) is 34.5. The smallest absolute Gasteiger partial charge is 0.217 e. The normalized spacial score (nSPS) is 21.5. The van der Waals surface area contributed by atoms with Gasteiger partial charge in [0.05, 0.1) is 16.6 Å². The van der Waals surface area contributed by atoms with Gasteiger partial charge in [-0.1, -0.05) is 36.4 Å². The lowest BCUT2D eigenvalue weighted by Gasteiger charge is -2.30. The van der Waals surface area contributed by atoms with E-state index in [9.17, 15) is 0 Å². The Kier molecular flexibility index (Phi) is 7.64. The fourth-order valence-corrected chi connectivity index (χ4v) is 5.75. The van der Waals surface area contributed by atoms with E-state index in [1.807, 2.05) is 72.8 Å². The first-order valence-electron chi connectivity index (χ1n) is 17.6. The van der Waals surface area contributed by atoms with Crippen LogP contribution in [-0.2, 0) is 14.2 Å². The van der Waals surface area contributed by atoms with E-state index in [2.05, 4.69) is 83.1 Å². The molecule has 0 radical (unpaired) electrons. The molecule has 0 atom stereocenters. The van der Waals surface area contributed by atoms with Crippen LogP contribution in [0.2, 0.25) is 0 Å². The summed E-state index contributed by atoms with van der Waals surface area (Å²) < 4.78 is 18.8. The van der Waals surface area contributed by atoms with Crippen molar-refractivity contribution in [3.8, 4) is 34.2 Å². The van der Waals surface area contributed by atoms with Crippen LogP contribution in [0.1, 0.15) is 99.8 Å². The molecule has 3 aromatic carbocycles. The van der Waals surface area contributed by atoms with Crippen LogP contribution >= 0.6 is 0 Å². The van der Waals surface area contributed by atoms with Crippen molar-refractivity contribution in [1.82, 2.24) is 15.0 Å². The largest absolute Gasteiger partial charge is 0.469 e. The Bertz CT molecular complexity index is 1850. The van der Waals surface area contributed by atoms with Crippen molar-refractivity contribution in [2.45, 2.75) is 117 Å². The van der Waals surface area contributed by atoms with Gasteiger partial charge in [0.1, 0.15) is 16.8 Å². The first-order valence-corrected chi connectivity index (χ1v) is 17.6. The molecule has 0 saturated heterocycles. The predicted molar refractivity (Wildman–Crippen MR) is 203 cm³/mol. The van der Waals surface area contributed by atoms with E-state index in [4.69, 9.17) is 44.1 Å². The Labute approximate surface area is 301 Å². The van der Waals surface area contributed by atoms with E-state index in [1.165, 1.54) is 0 Å². The Morgan fingerprint density at radius 3 is 0.686 bits per heavy atom. The molecule has 0 fully saturated rings. The molecule has 1 aromatic heterocycles. The molecule has 0 saturated carbocycles. The van der Waals surface area contributed by atoms with E-state index in [0.29, 0.717) is 35.2 Å². The minimum Gasteiger partial charge on any atom is -0.469 e. The second kappa shape index (κ2) is 11.3.